The van der Waals surface area contributed by atoms with Gasteiger partial charge in [0.2, 0.25) is 0 Å². The number of benzene rings is 1. The van der Waals surface area contributed by atoms with Crippen LogP contribution in [0.3, 0.4) is 0 Å². The summed E-state index contributed by atoms with van der Waals surface area (Å²) >= 11 is 0. The monoisotopic (exact) mass is 284 g/mol. The van der Waals surface area contributed by atoms with Crippen LogP contribution in [0.25, 0.3) is 0 Å². The predicted molar refractivity (Wildman–Crippen MR) is 53.4 cm³/mol. The summed E-state index contributed by atoms with van der Waals surface area (Å²) < 4.78 is 67.9. The number of carbonyl (C=O) groups is 1. The van der Waals surface area contributed by atoms with Gasteiger partial charge in [0.15, 0.2) is 0 Å². The Labute approximate surface area is 104 Å². The fourth-order valence-corrected chi connectivity index (χ4v) is 1.46. The van der Waals surface area contributed by atoms with Gasteiger partial charge >= 0.3 is 18.1 Å². The number of methoxy groups -OCH3 is 1. The molecular formula is C11H9F5O3. The van der Waals surface area contributed by atoms with Gasteiger partial charge in [-0.25, -0.2) is 4.79 Å². The Kier molecular flexibility index (Phi) is 3.85. The molecule has 0 saturated heterocycles. The fraction of sp³-hybridized carbons (Fsp3) is 0.364. The van der Waals surface area contributed by atoms with E-state index in [1.54, 1.807) is 0 Å². The van der Waals surface area contributed by atoms with E-state index in [9.17, 15) is 31.9 Å². The largest absolute Gasteiger partial charge is 0.466 e. The van der Waals surface area contributed by atoms with E-state index in [-0.39, 0.29) is 0 Å². The molecule has 1 N–H and O–H groups in total. The van der Waals surface area contributed by atoms with Crippen LogP contribution in [0, 0.1) is 0 Å². The third-order valence-corrected chi connectivity index (χ3v) is 2.48. The van der Waals surface area contributed by atoms with Gasteiger partial charge < -0.3 is 9.84 Å². The van der Waals surface area contributed by atoms with E-state index < -0.39 is 29.2 Å². The molecule has 0 heterocycles. The van der Waals surface area contributed by atoms with Crippen LogP contribution in [-0.2, 0) is 15.1 Å². The van der Waals surface area contributed by atoms with E-state index >= 15 is 0 Å². The topological polar surface area (TPSA) is 46.5 Å². The number of carbonyl (C=O) groups excluding carboxylic acids is 1. The minimum absolute atomic E-state index is 0.600. The van der Waals surface area contributed by atoms with Gasteiger partial charge in [-0.05, 0) is 0 Å². The molecule has 0 radical (unpaired) electrons. The van der Waals surface area contributed by atoms with Gasteiger partial charge in [-0.2, -0.15) is 22.0 Å². The first-order valence-corrected chi connectivity index (χ1v) is 4.90. The molecule has 3 nitrogen and oxygen atoms in total. The summed E-state index contributed by atoms with van der Waals surface area (Å²) in [6.45, 7) is 0. The van der Waals surface area contributed by atoms with Gasteiger partial charge in [-0.3, -0.25) is 0 Å². The van der Waals surface area contributed by atoms with Gasteiger partial charge in [0.05, 0.1) is 7.11 Å². The van der Waals surface area contributed by atoms with Gasteiger partial charge in [-0.1, -0.05) is 30.3 Å². The quantitative estimate of drug-likeness (QED) is 0.684. The van der Waals surface area contributed by atoms with E-state index in [0.29, 0.717) is 7.11 Å². The van der Waals surface area contributed by atoms with E-state index in [1.165, 1.54) is 6.07 Å². The van der Waals surface area contributed by atoms with Crippen molar-refractivity contribution >= 4 is 5.97 Å². The number of halogens is 5. The molecule has 1 aromatic carbocycles. The van der Waals surface area contributed by atoms with Crippen LogP contribution in [0.2, 0.25) is 0 Å². The zero-order valence-electron chi connectivity index (χ0n) is 9.54. The minimum Gasteiger partial charge on any atom is -0.466 e. The molecule has 0 spiro atoms. The highest BCUT2D eigenvalue weighted by atomic mass is 19.4. The molecule has 1 atom stereocenters. The number of ether oxygens (including phenoxy) is 1. The van der Waals surface area contributed by atoms with E-state index in [4.69, 9.17) is 0 Å². The Morgan fingerprint density at radius 3 is 1.95 bits per heavy atom. The van der Waals surface area contributed by atoms with Gasteiger partial charge in [-0.15, -0.1) is 0 Å². The lowest BCUT2D eigenvalue weighted by Gasteiger charge is -2.34. The Hall–Kier alpha value is -1.70. The highest BCUT2D eigenvalue weighted by molar-refractivity contribution is 5.82. The van der Waals surface area contributed by atoms with E-state index in [1.807, 2.05) is 0 Å². The fourth-order valence-electron chi connectivity index (χ4n) is 1.46. The van der Waals surface area contributed by atoms with Crippen molar-refractivity contribution in [1.29, 1.82) is 0 Å². The van der Waals surface area contributed by atoms with Crippen molar-refractivity contribution in [3.63, 3.8) is 0 Å². The molecule has 0 aliphatic rings. The Morgan fingerprint density at radius 1 is 1.11 bits per heavy atom. The lowest BCUT2D eigenvalue weighted by molar-refractivity contribution is -0.341. The number of aliphatic hydroxyl groups is 1. The first-order chi connectivity index (χ1) is 8.59. The molecule has 0 aliphatic carbocycles. The molecular weight excluding hydrogens is 275 g/mol. The van der Waals surface area contributed by atoms with Gasteiger partial charge in [0, 0.05) is 5.56 Å². The van der Waals surface area contributed by atoms with Crippen LogP contribution in [0.4, 0.5) is 22.0 Å². The number of hydrogen-bond acceptors (Lipinski definition) is 3. The number of hydrogen-bond donors (Lipinski definition) is 1. The van der Waals surface area contributed by atoms with Gasteiger partial charge in [0.1, 0.15) is 0 Å². The maximum Gasteiger partial charge on any atom is 0.457 e. The lowest BCUT2D eigenvalue weighted by atomic mass is 9.86. The normalized spacial score (nSPS) is 15.7. The number of rotatable bonds is 3. The maximum absolute atomic E-state index is 13.4. The average Bonchev–Trinajstić information content (AvgIpc) is 2.36. The van der Waals surface area contributed by atoms with Crippen LogP contribution in [-0.4, -0.2) is 30.3 Å². The molecule has 0 aromatic heterocycles. The van der Waals surface area contributed by atoms with Gasteiger partial charge in [0.25, 0.3) is 5.60 Å². The molecule has 19 heavy (non-hydrogen) atoms. The maximum atomic E-state index is 13.4. The first-order valence-electron chi connectivity index (χ1n) is 4.90. The Balaban J connectivity index is 3.51. The van der Waals surface area contributed by atoms with Crippen molar-refractivity contribution in [3.05, 3.63) is 35.9 Å². The second-order valence-corrected chi connectivity index (χ2v) is 3.64. The number of alkyl halides is 5. The molecule has 8 heteroatoms. The lowest BCUT2D eigenvalue weighted by Crippen LogP contribution is -2.59. The molecule has 0 fully saturated rings. The Morgan fingerprint density at radius 2 is 1.58 bits per heavy atom. The summed E-state index contributed by atoms with van der Waals surface area (Å²) in [5, 5.41) is 9.67. The SMILES string of the molecule is COC(=O)[C@@](O)(c1ccccc1)C(F)(F)C(F)(F)F. The third kappa shape index (κ3) is 2.27. The molecule has 106 valence electrons. The molecule has 1 aromatic rings. The zero-order valence-corrected chi connectivity index (χ0v) is 9.54. The summed E-state index contributed by atoms with van der Waals surface area (Å²) in [4.78, 5) is 11.3. The van der Waals surface area contributed by atoms with Crippen LogP contribution in [0.15, 0.2) is 30.3 Å². The highest BCUT2D eigenvalue weighted by Crippen LogP contribution is 2.48. The van der Waals surface area contributed by atoms with Crippen molar-refractivity contribution in [3.8, 4) is 0 Å². The minimum atomic E-state index is -6.12. The van der Waals surface area contributed by atoms with Crippen LogP contribution in [0.5, 0.6) is 0 Å². The summed E-state index contributed by atoms with van der Waals surface area (Å²) in [5.41, 5.74) is -5.05. The number of esters is 1. The van der Waals surface area contributed by atoms with Crippen molar-refractivity contribution in [2.45, 2.75) is 17.7 Å². The second-order valence-electron chi connectivity index (χ2n) is 3.64. The van der Waals surface area contributed by atoms with Crippen molar-refractivity contribution in [2.24, 2.45) is 0 Å². The summed E-state index contributed by atoms with van der Waals surface area (Å²) in [5.74, 6) is -7.80. The summed E-state index contributed by atoms with van der Waals surface area (Å²) in [7, 11) is 0.600. The Bertz CT molecular complexity index is 457. The predicted octanol–water partition coefficient (Wildman–Crippen LogP) is 2.24. The average molecular weight is 284 g/mol. The first kappa shape index (κ1) is 15.4. The van der Waals surface area contributed by atoms with E-state index in [0.717, 1.165) is 24.3 Å². The van der Waals surface area contributed by atoms with Crippen LogP contribution < -0.4 is 0 Å². The summed E-state index contributed by atoms with van der Waals surface area (Å²) in [6.07, 6.45) is -6.12. The second kappa shape index (κ2) is 4.76. The highest BCUT2D eigenvalue weighted by Gasteiger charge is 2.74. The van der Waals surface area contributed by atoms with Crippen molar-refractivity contribution < 1.29 is 36.6 Å². The van der Waals surface area contributed by atoms with Crippen molar-refractivity contribution in [1.82, 2.24) is 0 Å². The van der Waals surface area contributed by atoms with E-state index in [2.05, 4.69) is 4.74 Å². The van der Waals surface area contributed by atoms with Crippen LogP contribution in [0.1, 0.15) is 5.56 Å². The molecule has 0 bridgehead atoms. The molecule has 0 saturated carbocycles. The smallest absolute Gasteiger partial charge is 0.457 e. The molecule has 0 amide bonds. The summed E-state index contributed by atoms with van der Waals surface area (Å²) in [6, 6.07) is 5.09. The zero-order chi connectivity index (χ0) is 14.9. The standard InChI is InChI=1S/C11H9F5O3/c1-19-8(17)9(18,7-5-3-2-4-6-7)10(12,13)11(14,15)16/h2-6,18H,1H3/t9-/m0/s1. The van der Waals surface area contributed by atoms with Crippen molar-refractivity contribution in [2.75, 3.05) is 7.11 Å². The molecule has 1 rings (SSSR count). The molecule has 0 unspecified atom stereocenters. The molecule has 0 aliphatic heterocycles. The van der Waals surface area contributed by atoms with Crippen LogP contribution >= 0.6 is 0 Å². The third-order valence-electron chi connectivity index (χ3n) is 2.48.